The minimum Gasteiger partial charge on any atom is -0.494 e. The molecule has 0 saturated heterocycles. The molecule has 1 aromatic carbocycles. The van der Waals surface area contributed by atoms with E-state index in [1.165, 1.54) is 32.1 Å². The third-order valence-electron chi connectivity index (χ3n) is 4.92. The van der Waals surface area contributed by atoms with E-state index in [2.05, 4.69) is 10.4 Å². The van der Waals surface area contributed by atoms with Gasteiger partial charge in [-0.3, -0.25) is 9.48 Å². The Labute approximate surface area is 179 Å². The van der Waals surface area contributed by atoms with E-state index >= 15 is 0 Å². The number of amides is 1. The zero-order valence-electron chi connectivity index (χ0n) is 17.8. The van der Waals surface area contributed by atoms with Gasteiger partial charge in [0.15, 0.2) is 0 Å². The third-order valence-corrected chi connectivity index (χ3v) is 5.19. The van der Waals surface area contributed by atoms with Gasteiger partial charge in [-0.25, -0.2) is 0 Å². The second-order valence-corrected chi connectivity index (χ2v) is 7.72. The Bertz CT molecular complexity index is 745. The molecule has 1 N–H and O–H groups in total. The standard InChI is InChI=1S/C23H34ClN3O2/c1-3-20-17-22(27(2)26-20)23(28)25-18-19-12-11-13-21(16-19)29-15-10-8-6-4-5-7-9-14-24/h11-13,16-17H,3-10,14-15,18H2,1-2H3,(H,25,28). The van der Waals surface area contributed by atoms with Crippen molar-refractivity contribution in [3.05, 3.63) is 47.3 Å². The lowest BCUT2D eigenvalue weighted by Gasteiger charge is -2.09. The average molecular weight is 420 g/mol. The third kappa shape index (κ3) is 8.48. The van der Waals surface area contributed by atoms with Gasteiger partial charge in [-0.05, 0) is 43.0 Å². The summed E-state index contributed by atoms with van der Waals surface area (Å²) in [5.74, 6) is 1.52. The number of hydrogen-bond donors (Lipinski definition) is 1. The minimum atomic E-state index is -0.114. The normalized spacial score (nSPS) is 10.9. The predicted octanol–water partition coefficient (Wildman–Crippen LogP) is 5.26. The maximum absolute atomic E-state index is 12.4. The zero-order chi connectivity index (χ0) is 20.9. The van der Waals surface area contributed by atoms with Crippen molar-refractivity contribution in [3.8, 4) is 5.75 Å². The molecule has 1 heterocycles. The van der Waals surface area contributed by atoms with Gasteiger partial charge < -0.3 is 10.1 Å². The lowest BCUT2D eigenvalue weighted by molar-refractivity contribution is 0.0941. The van der Waals surface area contributed by atoms with Crippen LogP contribution in [0.1, 0.15) is 73.6 Å². The van der Waals surface area contributed by atoms with Crippen molar-refractivity contribution < 1.29 is 9.53 Å². The predicted molar refractivity (Wildman–Crippen MR) is 119 cm³/mol. The fourth-order valence-corrected chi connectivity index (χ4v) is 3.39. The number of alkyl halides is 1. The SMILES string of the molecule is CCc1cc(C(=O)NCc2cccc(OCCCCCCCCCCl)c2)n(C)n1. The van der Waals surface area contributed by atoms with E-state index in [0.29, 0.717) is 12.2 Å². The maximum Gasteiger partial charge on any atom is 0.269 e. The van der Waals surface area contributed by atoms with Crippen molar-refractivity contribution in [3.63, 3.8) is 0 Å². The lowest BCUT2D eigenvalue weighted by Crippen LogP contribution is -2.25. The Kier molecular flexibility index (Phi) is 10.6. The van der Waals surface area contributed by atoms with Gasteiger partial charge in [0.25, 0.3) is 5.91 Å². The summed E-state index contributed by atoms with van der Waals surface area (Å²) in [5, 5.41) is 7.29. The number of hydrogen-bond acceptors (Lipinski definition) is 3. The summed E-state index contributed by atoms with van der Waals surface area (Å²) < 4.78 is 7.51. The first-order valence-electron chi connectivity index (χ1n) is 10.7. The molecule has 0 radical (unpaired) electrons. The second-order valence-electron chi connectivity index (χ2n) is 7.34. The van der Waals surface area contributed by atoms with Crippen LogP contribution in [0.4, 0.5) is 0 Å². The van der Waals surface area contributed by atoms with Crippen LogP contribution in [0.15, 0.2) is 30.3 Å². The zero-order valence-corrected chi connectivity index (χ0v) is 18.5. The number of ether oxygens (including phenoxy) is 1. The number of aryl methyl sites for hydroxylation is 2. The van der Waals surface area contributed by atoms with E-state index in [4.69, 9.17) is 16.3 Å². The summed E-state index contributed by atoms with van der Waals surface area (Å²) in [7, 11) is 1.79. The van der Waals surface area contributed by atoms with Crippen LogP contribution >= 0.6 is 11.6 Å². The number of halogens is 1. The van der Waals surface area contributed by atoms with Crippen molar-refractivity contribution in [1.82, 2.24) is 15.1 Å². The van der Waals surface area contributed by atoms with Gasteiger partial charge in [-0.2, -0.15) is 5.10 Å². The molecule has 0 unspecified atom stereocenters. The summed E-state index contributed by atoms with van der Waals surface area (Å²) in [6, 6.07) is 9.76. The van der Waals surface area contributed by atoms with Gasteiger partial charge in [0.2, 0.25) is 0 Å². The monoisotopic (exact) mass is 419 g/mol. The van der Waals surface area contributed by atoms with E-state index in [1.54, 1.807) is 11.7 Å². The Morgan fingerprint density at radius 3 is 2.52 bits per heavy atom. The molecule has 0 fully saturated rings. The number of unbranched alkanes of at least 4 members (excludes halogenated alkanes) is 6. The van der Waals surface area contributed by atoms with E-state index in [9.17, 15) is 4.79 Å². The molecule has 2 aromatic rings. The van der Waals surface area contributed by atoms with E-state index < -0.39 is 0 Å². The molecule has 0 bridgehead atoms. The van der Waals surface area contributed by atoms with Crippen LogP contribution in [0.25, 0.3) is 0 Å². The molecule has 1 amide bonds. The van der Waals surface area contributed by atoms with Crippen LogP contribution < -0.4 is 10.1 Å². The Balaban J connectivity index is 1.68. The molecule has 29 heavy (non-hydrogen) atoms. The first-order chi connectivity index (χ1) is 14.1. The summed E-state index contributed by atoms with van der Waals surface area (Å²) in [4.78, 5) is 12.4. The first-order valence-corrected chi connectivity index (χ1v) is 11.3. The van der Waals surface area contributed by atoms with Gasteiger partial charge in [0, 0.05) is 19.5 Å². The number of nitrogens with one attached hydrogen (secondary N) is 1. The molecule has 1 aromatic heterocycles. The van der Waals surface area contributed by atoms with E-state index in [1.807, 2.05) is 37.3 Å². The molecule has 0 aliphatic carbocycles. The molecule has 2 rings (SSSR count). The lowest BCUT2D eigenvalue weighted by atomic mass is 10.1. The molecular formula is C23H34ClN3O2. The molecule has 160 valence electrons. The topological polar surface area (TPSA) is 56.1 Å². The average Bonchev–Trinajstić information content (AvgIpc) is 3.12. The number of carbonyl (C=O) groups is 1. The van der Waals surface area contributed by atoms with Crippen molar-refractivity contribution in [2.45, 2.75) is 64.8 Å². The minimum absolute atomic E-state index is 0.114. The first kappa shape index (κ1) is 23.3. The highest BCUT2D eigenvalue weighted by molar-refractivity contribution is 6.17. The number of aromatic nitrogens is 2. The molecule has 5 nitrogen and oxygen atoms in total. The van der Waals surface area contributed by atoms with Crippen LogP contribution in [-0.2, 0) is 20.0 Å². The summed E-state index contributed by atoms with van der Waals surface area (Å²) in [6.07, 6.45) is 9.26. The van der Waals surface area contributed by atoms with Crippen LogP contribution in [0.5, 0.6) is 5.75 Å². The van der Waals surface area contributed by atoms with E-state index in [-0.39, 0.29) is 5.91 Å². The molecular weight excluding hydrogens is 386 g/mol. The fraction of sp³-hybridized carbons (Fsp3) is 0.565. The Hall–Kier alpha value is -2.01. The van der Waals surface area contributed by atoms with Crippen LogP contribution in [0.2, 0.25) is 0 Å². The van der Waals surface area contributed by atoms with Crippen LogP contribution in [0.3, 0.4) is 0 Å². The molecule has 0 spiro atoms. The number of nitrogens with zero attached hydrogens (tertiary/aromatic N) is 2. The van der Waals surface area contributed by atoms with E-state index in [0.717, 1.165) is 48.8 Å². The fourth-order valence-electron chi connectivity index (χ4n) is 3.20. The smallest absolute Gasteiger partial charge is 0.269 e. The van der Waals surface area contributed by atoms with Crippen molar-refractivity contribution >= 4 is 17.5 Å². The van der Waals surface area contributed by atoms with Crippen molar-refractivity contribution in [2.75, 3.05) is 12.5 Å². The maximum atomic E-state index is 12.4. The van der Waals surface area contributed by atoms with Gasteiger partial charge in [-0.15, -0.1) is 11.6 Å². The molecule has 0 aliphatic rings. The quantitative estimate of drug-likeness (QED) is 0.335. The molecule has 6 heteroatoms. The number of rotatable bonds is 14. The highest BCUT2D eigenvalue weighted by Crippen LogP contribution is 2.15. The van der Waals surface area contributed by atoms with Gasteiger partial charge in [-0.1, -0.05) is 51.2 Å². The molecule has 0 atom stereocenters. The van der Waals surface area contributed by atoms with Gasteiger partial charge in [0.1, 0.15) is 11.4 Å². The largest absolute Gasteiger partial charge is 0.494 e. The van der Waals surface area contributed by atoms with Gasteiger partial charge >= 0.3 is 0 Å². The summed E-state index contributed by atoms with van der Waals surface area (Å²) >= 11 is 5.69. The van der Waals surface area contributed by atoms with Crippen molar-refractivity contribution in [2.24, 2.45) is 7.05 Å². The second kappa shape index (κ2) is 13.3. The van der Waals surface area contributed by atoms with Crippen LogP contribution in [-0.4, -0.2) is 28.2 Å². The highest BCUT2D eigenvalue weighted by Gasteiger charge is 2.12. The Morgan fingerprint density at radius 1 is 1.10 bits per heavy atom. The van der Waals surface area contributed by atoms with Crippen LogP contribution in [0, 0.1) is 0 Å². The highest BCUT2D eigenvalue weighted by atomic mass is 35.5. The van der Waals surface area contributed by atoms with Gasteiger partial charge in [0.05, 0.1) is 12.3 Å². The molecule has 0 saturated carbocycles. The summed E-state index contributed by atoms with van der Waals surface area (Å²) in [6.45, 7) is 3.22. The van der Waals surface area contributed by atoms with Crippen molar-refractivity contribution in [1.29, 1.82) is 0 Å². The molecule has 0 aliphatic heterocycles. The number of carbonyl (C=O) groups excluding carboxylic acids is 1. The number of benzene rings is 1. The Morgan fingerprint density at radius 2 is 1.83 bits per heavy atom. The summed E-state index contributed by atoms with van der Waals surface area (Å²) in [5.41, 5.74) is 2.52.